The Morgan fingerprint density at radius 2 is 1.20 bits per heavy atom. The molecule has 0 bridgehead atoms. The van der Waals surface area contributed by atoms with Gasteiger partial charge >= 0.3 is 11.9 Å². The lowest BCUT2D eigenvalue weighted by Crippen LogP contribution is -2.43. The number of H-pyrrole nitrogens is 1. The monoisotopic (exact) mass is 932 g/mol. The highest BCUT2D eigenvalue weighted by Crippen LogP contribution is 2.06. The maximum Gasteiger partial charge on any atom is 0.312 e. The number of aromatic nitrogens is 3. The zero-order chi connectivity index (χ0) is 52.4. The highest BCUT2D eigenvalue weighted by atomic mass is 16.4. The van der Waals surface area contributed by atoms with Gasteiger partial charge in [0.25, 0.3) is 0 Å². The van der Waals surface area contributed by atoms with Gasteiger partial charge in [-0.15, -0.1) is 0 Å². The number of rotatable bonds is 22. The second kappa shape index (κ2) is 46.1. The summed E-state index contributed by atoms with van der Waals surface area (Å²) in [6.45, 7) is 34.8. The number of aliphatic hydroxyl groups is 1. The summed E-state index contributed by atoms with van der Waals surface area (Å²) in [7, 11) is 0. The molecule has 2 atom stereocenters. The molecule has 0 radical (unpaired) electrons. The molecule has 2 unspecified atom stereocenters. The van der Waals surface area contributed by atoms with Crippen LogP contribution in [-0.2, 0) is 44.8 Å². The predicted molar refractivity (Wildman–Crippen MR) is 258 cm³/mol. The lowest BCUT2D eigenvalue weighted by molar-refractivity contribution is -0.141. The Morgan fingerprint density at radius 3 is 1.46 bits per heavy atom. The Morgan fingerprint density at radius 1 is 0.677 bits per heavy atom. The summed E-state index contributed by atoms with van der Waals surface area (Å²) in [5, 5.41) is 40.1. The van der Waals surface area contributed by atoms with Crippen LogP contribution in [0.15, 0.2) is 6.33 Å². The van der Waals surface area contributed by atoms with E-state index in [1.807, 2.05) is 62.3 Å². The standard InChI is InChI=1S/C8H16N2O3.C8H14O2.C7H16O.C6H11N3.C6H11NO3.C6H13NO.C6H12O/c1-5(2)10-8(13)6(9)3-4-7(11)12;1-6(2)8(10)5-4-7(3)9;1-4-7(8)5-6(2)3;1-5(2)3-6-7-4-8-9-6;1-4(2)7-5(8)3-6(9)10;1-5(2)7-4-6(3)8;1-5(2)4-6(3)7/h5-6H,3-4,9H2,1-2H3,(H,10,13)(H,11,12);6H,4-5H2,1-3H3;6-8H,4-5H2,1-3H3;4-5H,3H2,1-2H3,(H,7,8,9);4H,3H2,1-2H3,(H,7,8)(H,9,10);5,7H,4H2,1-3H3;5H,4H2,1-3H3. The van der Waals surface area contributed by atoms with Gasteiger partial charge < -0.3 is 46.6 Å². The molecule has 0 aliphatic carbocycles. The number of nitrogens with two attached hydrogens (primary N) is 1. The number of aromatic amines is 1. The van der Waals surface area contributed by atoms with Gasteiger partial charge in [0.05, 0.1) is 18.7 Å². The summed E-state index contributed by atoms with van der Waals surface area (Å²) < 4.78 is 0. The number of carboxylic acid groups (broad SMARTS) is 2. The fraction of sp³-hybridized carbons (Fsp3) is 0.787. The number of ketones is 4. The molecule has 1 heterocycles. The van der Waals surface area contributed by atoms with Gasteiger partial charge in [0, 0.05) is 56.1 Å². The molecule has 1 aromatic heterocycles. The fourth-order valence-electron chi connectivity index (χ4n) is 4.25. The van der Waals surface area contributed by atoms with E-state index in [1.54, 1.807) is 27.7 Å². The minimum Gasteiger partial charge on any atom is -0.481 e. The van der Waals surface area contributed by atoms with Crippen molar-refractivity contribution in [2.24, 2.45) is 29.4 Å². The molecule has 18 heteroatoms. The molecule has 18 nitrogen and oxygen atoms in total. The minimum atomic E-state index is -1.10. The largest absolute Gasteiger partial charge is 0.481 e. The Labute approximate surface area is 391 Å². The molecule has 0 aromatic carbocycles. The molecule has 9 N–H and O–H groups in total. The number of hydrogen-bond acceptors (Lipinski definition) is 13. The zero-order valence-electron chi connectivity index (χ0n) is 43.4. The van der Waals surface area contributed by atoms with Gasteiger partial charge in [-0.3, -0.25) is 33.9 Å². The summed E-state index contributed by atoms with van der Waals surface area (Å²) in [6.07, 6.45) is 5.46. The Hall–Kier alpha value is -4.42. The zero-order valence-corrected chi connectivity index (χ0v) is 43.4. The molecule has 0 aliphatic rings. The van der Waals surface area contributed by atoms with Gasteiger partial charge in [0.2, 0.25) is 11.8 Å². The van der Waals surface area contributed by atoms with Crippen LogP contribution < -0.4 is 21.7 Å². The first-order chi connectivity index (χ1) is 29.7. The van der Waals surface area contributed by atoms with Crippen molar-refractivity contribution in [2.75, 3.05) is 6.54 Å². The fourth-order valence-corrected chi connectivity index (χ4v) is 4.25. The number of carboxylic acids is 2. The average molecular weight is 932 g/mol. The predicted octanol–water partition coefficient (Wildman–Crippen LogP) is 6.27. The van der Waals surface area contributed by atoms with Gasteiger partial charge in [0.1, 0.15) is 41.7 Å². The third-order valence-electron chi connectivity index (χ3n) is 7.30. The summed E-state index contributed by atoms with van der Waals surface area (Å²) >= 11 is 0. The van der Waals surface area contributed by atoms with Crippen LogP contribution in [0.5, 0.6) is 0 Å². The van der Waals surface area contributed by atoms with E-state index < -0.39 is 30.3 Å². The van der Waals surface area contributed by atoms with Crippen molar-refractivity contribution in [3.05, 3.63) is 12.2 Å². The van der Waals surface area contributed by atoms with Crippen molar-refractivity contribution >= 4 is 46.9 Å². The molecule has 0 aliphatic heterocycles. The van der Waals surface area contributed by atoms with Crippen molar-refractivity contribution in [3.8, 4) is 0 Å². The van der Waals surface area contributed by atoms with Gasteiger partial charge in [0.15, 0.2) is 0 Å². The summed E-state index contributed by atoms with van der Waals surface area (Å²) in [5.74, 6) is 0.826. The smallest absolute Gasteiger partial charge is 0.312 e. The molecule has 2 amide bonds. The third kappa shape index (κ3) is 74.2. The summed E-state index contributed by atoms with van der Waals surface area (Å²) in [6, 6.07) is -0.271. The van der Waals surface area contributed by atoms with E-state index in [1.165, 1.54) is 13.3 Å². The van der Waals surface area contributed by atoms with Crippen molar-refractivity contribution in [2.45, 2.75) is 213 Å². The quantitative estimate of drug-likeness (QED) is 0.0594. The minimum absolute atomic E-state index is 0.00634. The van der Waals surface area contributed by atoms with Crippen LogP contribution in [-0.4, -0.2) is 114 Å². The lowest BCUT2D eigenvalue weighted by atomic mass is 10.0. The van der Waals surface area contributed by atoms with Crippen LogP contribution in [0, 0.1) is 23.7 Å². The van der Waals surface area contributed by atoms with E-state index in [4.69, 9.17) is 21.1 Å². The molecule has 0 saturated heterocycles. The van der Waals surface area contributed by atoms with Crippen LogP contribution in [0.2, 0.25) is 0 Å². The number of aliphatic hydroxyl groups excluding tert-OH is 1. The summed E-state index contributed by atoms with van der Waals surface area (Å²) in [4.78, 5) is 87.6. The van der Waals surface area contributed by atoms with Crippen molar-refractivity contribution in [1.82, 2.24) is 31.1 Å². The van der Waals surface area contributed by atoms with Crippen LogP contribution in [0.1, 0.15) is 182 Å². The molecule has 0 saturated carbocycles. The molecule has 382 valence electrons. The van der Waals surface area contributed by atoms with Gasteiger partial charge in [-0.05, 0) is 85.5 Å². The van der Waals surface area contributed by atoms with E-state index in [-0.39, 0.29) is 66.0 Å². The van der Waals surface area contributed by atoms with E-state index in [0.29, 0.717) is 43.2 Å². The van der Waals surface area contributed by atoms with Crippen molar-refractivity contribution in [3.63, 3.8) is 0 Å². The first kappa shape index (κ1) is 72.2. The molecule has 1 aromatic rings. The SMILES string of the molecule is CC(=O)CC(C)C.CC(=O)CCC(=O)C(C)C.CC(=O)CNC(C)C.CC(C)Cc1ncn[nH]1.CC(C)NC(=O)C(N)CCC(=O)O.CC(C)NC(=O)CC(=O)O.CCC(O)CC(C)C. The maximum absolute atomic E-state index is 11.1. The maximum atomic E-state index is 11.1. The molecule has 1 rings (SSSR count). The normalized spacial score (nSPS) is 11.1. The second-order valence-electron chi connectivity index (χ2n) is 18.1. The topological polar surface area (TPSA) is 301 Å². The molecule has 0 fully saturated rings. The third-order valence-corrected chi connectivity index (χ3v) is 7.30. The number of nitrogens with one attached hydrogen (secondary N) is 4. The van der Waals surface area contributed by atoms with Gasteiger partial charge in [-0.2, -0.15) is 5.10 Å². The number of carbonyl (C=O) groups excluding carboxylic acids is 6. The first-order valence-electron chi connectivity index (χ1n) is 22.8. The van der Waals surface area contributed by atoms with E-state index >= 15 is 0 Å². The van der Waals surface area contributed by atoms with E-state index in [2.05, 4.69) is 58.8 Å². The number of Topliss-reactive ketones (excluding diaryl/α,β-unsaturated/α-hetero) is 4. The molecule has 65 heavy (non-hydrogen) atoms. The number of amides is 2. The Kier molecular flexibility index (Phi) is 51.2. The van der Waals surface area contributed by atoms with Gasteiger partial charge in [-0.25, -0.2) is 4.98 Å². The average Bonchev–Trinajstić information content (AvgIpc) is 3.64. The lowest BCUT2D eigenvalue weighted by Gasteiger charge is -2.13. The number of aliphatic carboxylic acids is 2. The van der Waals surface area contributed by atoms with Crippen molar-refractivity contribution in [1.29, 1.82) is 0 Å². The molecule has 0 spiro atoms. The van der Waals surface area contributed by atoms with E-state index in [9.17, 15) is 38.4 Å². The van der Waals surface area contributed by atoms with Crippen molar-refractivity contribution < 1.29 is 53.7 Å². The Balaban J connectivity index is -0.000000158. The Bertz CT molecular complexity index is 1400. The second-order valence-corrected chi connectivity index (χ2v) is 18.1. The molecular weight excluding hydrogens is 839 g/mol. The number of nitrogens with zero attached hydrogens (tertiary/aromatic N) is 2. The number of hydrogen-bond donors (Lipinski definition) is 8. The van der Waals surface area contributed by atoms with Crippen LogP contribution in [0.25, 0.3) is 0 Å². The summed E-state index contributed by atoms with van der Waals surface area (Å²) in [5.41, 5.74) is 5.44. The van der Waals surface area contributed by atoms with E-state index in [0.717, 1.165) is 31.5 Å². The highest BCUT2D eigenvalue weighted by molar-refractivity contribution is 5.93. The van der Waals surface area contributed by atoms with Crippen LogP contribution in [0.4, 0.5) is 0 Å². The van der Waals surface area contributed by atoms with Gasteiger partial charge in [-0.1, -0.05) is 76.2 Å². The first-order valence-corrected chi connectivity index (χ1v) is 22.8. The van der Waals surface area contributed by atoms with Crippen LogP contribution in [0.3, 0.4) is 0 Å². The van der Waals surface area contributed by atoms with Crippen LogP contribution >= 0.6 is 0 Å². The number of carbonyl (C=O) groups is 8. The highest BCUT2D eigenvalue weighted by Gasteiger charge is 2.15. The molecular formula is C47H93N7O11.